The Kier molecular flexibility index (Phi) is 5.25. The lowest BCUT2D eigenvalue weighted by Crippen LogP contribution is -2.14. The lowest BCUT2D eigenvalue weighted by Gasteiger charge is -2.08. The van der Waals surface area contributed by atoms with Crippen LogP contribution in [0.4, 0.5) is 9.52 Å². The van der Waals surface area contributed by atoms with Crippen molar-refractivity contribution in [3.05, 3.63) is 58.7 Å². The monoisotopic (exact) mass is 398 g/mol. The summed E-state index contributed by atoms with van der Waals surface area (Å²) >= 11 is 1.41. The van der Waals surface area contributed by atoms with Gasteiger partial charge >= 0.3 is 0 Å². The molecule has 0 amide bonds. The molecule has 0 bridgehead atoms. The number of halogens is 1. The predicted octanol–water partition coefficient (Wildman–Crippen LogP) is 4.71. The summed E-state index contributed by atoms with van der Waals surface area (Å²) in [5, 5.41) is 5.56. The predicted molar refractivity (Wildman–Crippen MR) is 107 cm³/mol. The lowest BCUT2D eigenvalue weighted by molar-refractivity contribution is 0.101. The Morgan fingerprint density at radius 2 is 2.00 bits per heavy atom. The molecule has 0 spiro atoms. The average molecular weight is 398 g/mol. The largest absolute Gasteiger partial charge is 0.490 e. The Morgan fingerprint density at radius 3 is 2.82 bits per heavy atom. The number of carbonyl (C=O) groups excluding carboxylic acids is 1. The Labute approximate surface area is 166 Å². The zero-order chi connectivity index (χ0) is 19.5. The molecule has 0 radical (unpaired) electrons. The molecule has 0 atom stereocenters. The van der Waals surface area contributed by atoms with E-state index in [0.717, 1.165) is 23.4 Å². The van der Waals surface area contributed by atoms with Crippen LogP contribution in [0.5, 0.6) is 11.5 Å². The number of anilines is 1. The molecule has 1 aliphatic heterocycles. The van der Waals surface area contributed by atoms with E-state index >= 15 is 0 Å². The second-order valence-corrected chi connectivity index (χ2v) is 7.35. The van der Waals surface area contributed by atoms with E-state index in [-0.39, 0.29) is 18.1 Å². The molecule has 5 nitrogen and oxygen atoms in total. The van der Waals surface area contributed by atoms with Gasteiger partial charge in [0.05, 0.1) is 25.5 Å². The summed E-state index contributed by atoms with van der Waals surface area (Å²) < 4.78 is 25.0. The fourth-order valence-corrected chi connectivity index (χ4v) is 3.55. The smallest absolute Gasteiger partial charge is 0.183 e. The maximum Gasteiger partial charge on any atom is 0.183 e. The van der Waals surface area contributed by atoms with Crippen LogP contribution in [0.25, 0.3) is 11.3 Å². The van der Waals surface area contributed by atoms with E-state index in [1.165, 1.54) is 17.4 Å². The molecular weight excluding hydrogens is 379 g/mol. The van der Waals surface area contributed by atoms with E-state index in [9.17, 15) is 9.18 Å². The second kappa shape index (κ2) is 7.98. The first-order valence-corrected chi connectivity index (χ1v) is 9.87. The number of nitrogens with one attached hydrogen (secondary N) is 1. The topological polar surface area (TPSA) is 60.5 Å². The maximum absolute atomic E-state index is 13.6. The quantitative estimate of drug-likeness (QED) is 0.631. The SMILES string of the molecule is Cc1ccc(C(=O)CNc2nc(-c3ccc4c(c3)OCCCO4)cs2)cc1F. The van der Waals surface area contributed by atoms with Gasteiger partial charge in [-0.3, -0.25) is 4.79 Å². The van der Waals surface area contributed by atoms with Gasteiger partial charge in [0, 0.05) is 22.9 Å². The van der Waals surface area contributed by atoms with Crippen LogP contribution < -0.4 is 14.8 Å². The molecule has 2 aromatic carbocycles. The lowest BCUT2D eigenvalue weighted by atomic mass is 10.1. The number of aromatic nitrogens is 1. The first-order chi connectivity index (χ1) is 13.6. The molecule has 0 saturated heterocycles. The normalized spacial score (nSPS) is 13.1. The Hall–Kier alpha value is -2.93. The maximum atomic E-state index is 13.6. The summed E-state index contributed by atoms with van der Waals surface area (Å²) in [4.78, 5) is 16.8. The van der Waals surface area contributed by atoms with E-state index in [4.69, 9.17) is 9.47 Å². The molecule has 1 N–H and O–H groups in total. The van der Waals surface area contributed by atoms with E-state index < -0.39 is 0 Å². The minimum Gasteiger partial charge on any atom is -0.490 e. The number of carbonyl (C=O) groups is 1. The summed E-state index contributed by atoms with van der Waals surface area (Å²) in [7, 11) is 0. The summed E-state index contributed by atoms with van der Waals surface area (Å²) in [6.45, 7) is 2.99. The number of hydrogen-bond donors (Lipinski definition) is 1. The van der Waals surface area contributed by atoms with Crippen molar-refractivity contribution in [1.29, 1.82) is 0 Å². The fourth-order valence-electron chi connectivity index (χ4n) is 2.83. The van der Waals surface area contributed by atoms with E-state index in [2.05, 4.69) is 10.3 Å². The minimum absolute atomic E-state index is 0.0522. The van der Waals surface area contributed by atoms with Crippen LogP contribution in [0.3, 0.4) is 0 Å². The van der Waals surface area contributed by atoms with Crippen molar-refractivity contribution < 1.29 is 18.7 Å². The Bertz CT molecular complexity index is 1020. The number of Topliss-reactive ketones (excluding diaryl/α,β-unsaturated/α-hetero) is 1. The van der Waals surface area contributed by atoms with Crippen molar-refractivity contribution in [3.8, 4) is 22.8 Å². The molecule has 28 heavy (non-hydrogen) atoms. The minimum atomic E-state index is -0.378. The van der Waals surface area contributed by atoms with Gasteiger partial charge in [-0.15, -0.1) is 11.3 Å². The van der Waals surface area contributed by atoms with Gasteiger partial charge in [-0.25, -0.2) is 9.37 Å². The van der Waals surface area contributed by atoms with Crippen molar-refractivity contribution in [3.63, 3.8) is 0 Å². The highest BCUT2D eigenvalue weighted by Gasteiger charge is 2.14. The zero-order valence-corrected chi connectivity index (χ0v) is 16.1. The van der Waals surface area contributed by atoms with Gasteiger partial charge in [0.15, 0.2) is 22.4 Å². The molecular formula is C21H19FN2O3S. The number of benzene rings is 2. The molecule has 0 fully saturated rings. The van der Waals surface area contributed by atoms with Gasteiger partial charge in [-0.05, 0) is 36.8 Å². The van der Waals surface area contributed by atoms with Gasteiger partial charge in [0.25, 0.3) is 0 Å². The van der Waals surface area contributed by atoms with Gasteiger partial charge < -0.3 is 14.8 Å². The van der Waals surface area contributed by atoms with Crippen LogP contribution in [0.1, 0.15) is 22.3 Å². The number of rotatable bonds is 5. The molecule has 0 aliphatic carbocycles. The number of hydrogen-bond acceptors (Lipinski definition) is 6. The van der Waals surface area contributed by atoms with Crippen molar-refractivity contribution in [2.24, 2.45) is 0 Å². The number of nitrogens with zero attached hydrogens (tertiary/aromatic N) is 1. The molecule has 0 saturated carbocycles. The van der Waals surface area contributed by atoms with Crippen molar-refractivity contribution in [1.82, 2.24) is 4.98 Å². The third kappa shape index (κ3) is 3.99. The molecule has 4 rings (SSSR count). The number of aryl methyl sites for hydroxylation is 1. The van der Waals surface area contributed by atoms with E-state index in [1.807, 2.05) is 23.6 Å². The zero-order valence-electron chi connectivity index (χ0n) is 15.3. The summed E-state index contributed by atoms with van der Waals surface area (Å²) in [6, 6.07) is 10.2. The van der Waals surface area contributed by atoms with Crippen LogP contribution >= 0.6 is 11.3 Å². The second-order valence-electron chi connectivity index (χ2n) is 6.49. The molecule has 7 heteroatoms. The van der Waals surface area contributed by atoms with Crippen molar-refractivity contribution in [2.75, 3.05) is 25.1 Å². The Morgan fingerprint density at radius 1 is 1.18 bits per heavy atom. The summed E-state index contributed by atoms with van der Waals surface area (Å²) in [5.41, 5.74) is 2.57. The van der Waals surface area contributed by atoms with Crippen LogP contribution in [-0.2, 0) is 0 Å². The van der Waals surface area contributed by atoms with Crippen molar-refractivity contribution in [2.45, 2.75) is 13.3 Å². The molecule has 144 valence electrons. The van der Waals surface area contributed by atoms with Gasteiger partial charge in [0.1, 0.15) is 5.82 Å². The van der Waals surface area contributed by atoms with Gasteiger partial charge in [0.2, 0.25) is 0 Å². The highest BCUT2D eigenvalue weighted by molar-refractivity contribution is 7.14. The van der Waals surface area contributed by atoms with Crippen molar-refractivity contribution >= 4 is 22.3 Å². The highest BCUT2D eigenvalue weighted by Crippen LogP contribution is 2.35. The number of ether oxygens (including phenoxy) is 2. The first-order valence-electron chi connectivity index (χ1n) is 8.99. The number of thiazole rings is 1. The van der Waals surface area contributed by atoms with E-state index in [0.29, 0.717) is 35.2 Å². The van der Waals surface area contributed by atoms with Gasteiger partial charge in [-0.2, -0.15) is 0 Å². The van der Waals surface area contributed by atoms with Crippen LogP contribution in [0.2, 0.25) is 0 Å². The van der Waals surface area contributed by atoms with Gasteiger partial charge in [-0.1, -0.05) is 12.1 Å². The summed E-state index contributed by atoms with van der Waals surface area (Å²) in [6.07, 6.45) is 0.855. The number of ketones is 1. The highest BCUT2D eigenvalue weighted by atomic mass is 32.1. The third-order valence-electron chi connectivity index (χ3n) is 4.44. The standard InChI is InChI=1S/C21H19FN2O3S/c1-13-3-4-15(9-16(13)22)18(25)11-23-21-24-17(12-28-21)14-5-6-19-20(10-14)27-8-2-7-26-19/h3-6,9-10,12H,2,7-8,11H2,1H3,(H,23,24). The first kappa shape index (κ1) is 18.4. The molecule has 1 aromatic heterocycles. The molecule has 2 heterocycles. The van der Waals surface area contributed by atoms with Crippen LogP contribution in [0, 0.1) is 12.7 Å². The Balaban J connectivity index is 1.44. The molecule has 1 aliphatic rings. The molecule has 3 aromatic rings. The molecule has 0 unspecified atom stereocenters. The third-order valence-corrected chi connectivity index (χ3v) is 5.24. The van der Waals surface area contributed by atoms with Crippen LogP contribution in [-0.4, -0.2) is 30.5 Å². The number of fused-ring (bicyclic) bond motifs is 1. The van der Waals surface area contributed by atoms with E-state index in [1.54, 1.807) is 19.1 Å². The van der Waals surface area contributed by atoms with Crippen LogP contribution in [0.15, 0.2) is 41.8 Å². The average Bonchev–Trinajstić information content (AvgIpc) is 3.05. The fraction of sp³-hybridized carbons (Fsp3) is 0.238. The summed E-state index contributed by atoms with van der Waals surface area (Å²) in [5.74, 6) is 0.892.